The number of benzene rings is 2. The van der Waals surface area contributed by atoms with Crippen LogP contribution in [0, 0.1) is 0 Å². The Hall–Kier alpha value is -2.33. The van der Waals surface area contributed by atoms with Gasteiger partial charge in [0.25, 0.3) is 0 Å². The summed E-state index contributed by atoms with van der Waals surface area (Å²) in [7, 11) is 0. The molecule has 0 saturated carbocycles. The zero-order chi connectivity index (χ0) is 15.9. The van der Waals surface area contributed by atoms with Gasteiger partial charge in [-0.25, -0.2) is 4.98 Å². The molecular formula is C19H20N2OS. The highest BCUT2D eigenvalue weighted by atomic mass is 32.1. The highest BCUT2D eigenvalue weighted by Gasteiger charge is 2.05. The van der Waals surface area contributed by atoms with E-state index in [-0.39, 0.29) is 0 Å². The van der Waals surface area contributed by atoms with Crippen LogP contribution in [0.4, 0.5) is 10.8 Å². The summed E-state index contributed by atoms with van der Waals surface area (Å²) in [6, 6.07) is 18.2. The van der Waals surface area contributed by atoms with Gasteiger partial charge in [-0.15, -0.1) is 11.3 Å². The number of aromatic nitrogens is 1. The molecule has 23 heavy (non-hydrogen) atoms. The van der Waals surface area contributed by atoms with Gasteiger partial charge < -0.3 is 10.1 Å². The van der Waals surface area contributed by atoms with Crippen LogP contribution in [0.25, 0.3) is 11.3 Å². The van der Waals surface area contributed by atoms with Gasteiger partial charge >= 0.3 is 0 Å². The van der Waals surface area contributed by atoms with E-state index >= 15 is 0 Å². The lowest BCUT2D eigenvalue weighted by Gasteiger charge is -2.05. The predicted octanol–water partition coefficient (Wildman–Crippen LogP) is 5.73. The minimum atomic E-state index is 0.775. The van der Waals surface area contributed by atoms with Gasteiger partial charge in [-0.05, 0) is 42.8 Å². The molecular weight excluding hydrogens is 304 g/mol. The third-order valence-electron chi connectivity index (χ3n) is 3.45. The molecule has 0 saturated heterocycles. The molecule has 0 spiro atoms. The first kappa shape index (κ1) is 15.6. The molecule has 2 aromatic carbocycles. The molecule has 118 valence electrons. The fourth-order valence-corrected chi connectivity index (χ4v) is 2.90. The van der Waals surface area contributed by atoms with Gasteiger partial charge in [0.15, 0.2) is 5.13 Å². The Bertz CT molecular complexity index is 723. The Balaban J connectivity index is 1.65. The number of hydrogen-bond donors (Lipinski definition) is 1. The van der Waals surface area contributed by atoms with Gasteiger partial charge in [0.05, 0.1) is 12.3 Å². The van der Waals surface area contributed by atoms with E-state index < -0.39 is 0 Å². The summed E-state index contributed by atoms with van der Waals surface area (Å²) in [6.07, 6.45) is 2.23. The summed E-state index contributed by atoms with van der Waals surface area (Å²) in [5, 5.41) is 6.29. The first-order chi connectivity index (χ1) is 11.3. The third-order valence-corrected chi connectivity index (χ3v) is 4.20. The van der Waals surface area contributed by atoms with Gasteiger partial charge in [-0.2, -0.15) is 0 Å². The molecule has 4 heteroatoms. The maximum Gasteiger partial charge on any atom is 0.187 e. The minimum absolute atomic E-state index is 0.775. The van der Waals surface area contributed by atoms with Crippen LogP contribution in [-0.4, -0.2) is 11.6 Å². The molecule has 0 aliphatic heterocycles. The maximum absolute atomic E-state index is 5.69. The van der Waals surface area contributed by atoms with Gasteiger partial charge in [-0.1, -0.05) is 31.5 Å². The Morgan fingerprint density at radius 2 is 1.83 bits per heavy atom. The van der Waals surface area contributed by atoms with Crippen LogP contribution >= 0.6 is 11.3 Å². The Morgan fingerprint density at radius 3 is 2.57 bits per heavy atom. The van der Waals surface area contributed by atoms with Crippen LogP contribution in [0.1, 0.15) is 19.8 Å². The smallest absolute Gasteiger partial charge is 0.187 e. The van der Waals surface area contributed by atoms with Crippen LogP contribution in [0.5, 0.6) is 5.75 Å². The summed E-state index contributed by atoms with van der Waals surface area (Å²) >= 11 is 1.61. The first-order valence-electron chi connectivity index (χ1n) is 7.86. The monoisotopic (exact) mass is 324 g/mol. The number of thiazole rings is 1. The van der Waals surface area contributed by atoms with Crippen molar-refractivity contribution in [2.24, 2.45) is 0 Å². The molecule has 1 N–H and O–H groups in total. The summed E-state index contributed by atoms with van der Waals surface area (Å²) in [6.45, 7) is 2.94. The van der Waals surface area contributed by atoms with E-state index in [1.807, 2.05) is 42.5 Å². The number of anilines is 2. The molecule has 3 rings (SSSR count). The summed E-state index contributed by atoms with van der Waals surface area (Å²) < 4.78 is 5.69. The first-order valence-corrected chi connectivity index (χ1v) is 8.74. The lowest BCUT2D eigenvalue weighted by molar-refractivity contribution is 0.309. The standard InChI is InChI=1S/C19H20N2OS/c1-2-3-13-22-17-11-9-15(10-12-17)18-14-23-19(21-18)20-16-7-5-4-6-8-16/h4-12,14H,2-3,13H2,1H3,(H,20,21). The van der Waals surface area contributed by atoms with Crippen molar-refractivity contribution in [3.05, 3.63) is 60.0 Å². The number of unbranched alkanes of at least 4 members (excludes halogenated alkanes) is 1. The zero-order valence-corrected chi connectivity index (χ0v) is 14.0. The van der Waals surface area contributed by atoms with Crippen molar-refractivity contribution in [3.8, 4) is 17.0 Å². The van der Waals surface area contributed by atoms with Crippen molar-refractivity contribution >= 4 is 22.2 Å². The van der Waals surface area contributed by atoms with Crippen molar-refractivity contribution in [2.45, 2.75) is 19.8 Å². The van der Waals surface area contributed by atoms with Crippen molar-refractivity contribution < 1.29 is 4.74 Å². The van der Waals surface area contributed by atoms with E-state index in [0.717, 1.165) is 47.3 Å². The number of nitrogens with zero attached hydrogens (tertiary/aromatic N) is 1. The second kappa shape index (κ2) is 7.79. The zero-order valence-electron chi connectivity index (χ0n) is 13.2. The van der Waals surface area contributed by atoms with Crippen LogP contribution < -0.4 is 10.1 Å². The topological polar surface area (TPSA) is 34.1 Å². The largest absolute Gasteiger partial charge is 0.494 e. The molecule has 0 bridgehead atoms. The van der Waals surface area contributed by atoms with Gasteiger partial charge in [0.1, 0.15) is 5.75 Å². The number of nitrogens with one attached hydrogen (secondary N) is 1. The summed E-state index contributed by atoms with van der Waals surface area (Å²) in [5.74, 6) is 0.917. The summed E-state index contributed by atoms with van der Waals surface area (Å²) in [4.78, 5) is 4.65. The fraction of sp³-hybridized carbons (Fsp3) is 0.211. The maximum atomic E-state index is 5.69. The fourth-order valence-electron chi connectivity index (χ4n) is 2.16. The average Bonchev–Trinajstić information content (AvgIpc) is 3.05. The normalized spacial score (nSPS) is 10.5. The molecule has 1 aromatic heterocycles. The Labute approximate surface area is 141 Å². The van der Waals surface area contributed by atoms with Crippen molar-refractivity contribution in [2.75, 3.05) is 11.9 Å². The highest BCUT2D eigenvalue weighted by Crippen LogP contribution is 2.28. The third kappa shape index (κ3) is 4.33. The lowest BCUT2D eigenvalue weighted by atomic mass is 10.2. The van der Waals surface area contributed by atoms with E-state index in [4.69, 9.17) is 4.74 Å². The number of para-hydroxylation sites is 1. The molecule has 1 heterocycles. The molecule has 3 nitrogen and oxygen atoms in total. The number of hydrogen-bond acceptors (Lipinski definition) is 4. The second-order valence-electron chi connectivity index (χ2n) is 5.26. The van der Waals surface area contributed by atoms with Crippen molar-refractivity contribution in [3.63, 3.8) is 0 Å². The average molecular weight is 324 g/mol. The number of ether oxygens (including phenoxy) is 1. The predicted molar refractivity (Wildman–Crippen MR) is 97.7 cm³/mol. The van der Waals surface area contributed by atoms with Crippen LogP contribution in [0.3, 0.4) is 0 Å². The van der Waals surface area contributed by atoms with Gasteiger partial charge in [0.2, 0.25) is 0 Å². The van der Waals surface area contributed by atoms with Crippen molar-refractivity contribution in [1.82, 2.24) is 4.98 Å². The minimum Gasteiger partial charge on any atom is -0.494 e. The Morgan fingerprint density at radius 1 is 1.04 bits per heavy atom. The Kier molecular flexibility index (Phi) is 5.27. The molecule has 0 fully saturated rings. The van der Waals surface area contributed by atoms with Crippen molar-refractivity contribution in [1.29, 1.82) is 0 Å². The lowest BCUT2D eigenvalue weighted by Crippen LogP contribution is -1.95. The molecule has 0 atom stereocenters. The highest BCUT2D eigenvalue weighted by molar-refractivity contribution is 7.14. The van der Waals surface area contributed by atoms with Gasteiger partial charge in [0, 0.05) is 16.6 Å². The SMILES string of the molecule is CCCCOc1ccc(-c2csc(Nc3ccccc3)n2)cc1. The number of rotatable bonds is 7. The van der Waals surface area contributed by atoms with E-state index in [2.05, 4.69) is 34.7 Å². The van der Waals surface area contributed by atoms with E-state index in [1.165, 1.54) is 0 Å². The quantitative estimate of drug-likeness (QED) is 0.563. The molecule has 0 radical (unpaired) electrons. The molecule has 0 amide bonds. The van der Waals surface area contributed by atoms with Gasteiger partial charge in [-0.3, -0.25) is 0 Å². The van der Waals surface area contributed by atoms with Crippen LogP contribution in [0.15, 0.2) is 60.0 Å². The second-order valence-corrected chi connectivity index (χ2v) is 6.11. The molecule has 0 aliphatic carbocycles. The van der Waals surface area contributed by atoms with Crippen LogP contribution in [0.2, 0.25) is 0 Å². The molecule has 0 aliphatic rings. The summed E-state index contributed by atoms with van der Waals surface area (Å²) in [5.41, 5.74) is 3.13. The van der Waals surface area contributed by atoms with E-state index in [0.29, 0.717) is 0 Å². The molecule has 0 unspecified atom stereocenters. The van der Waals surface area contributed by atoms with E-state index in [9.17, 15) is 0 Å². The van der Waals surface area contributed by atoms with Crippen LogP contribution in [-0.2, 0) is 0 Å². The van der Waals surface area contributed by atoms with E-state index in [1.54, 1.807) is 11.3 Å². The molecule has 3 aromatic rings.